The standard InChI is InChI=1S/C15H16N2O3/c1-19-15(18)12-6-7-13(17-9-12)10-20-14-5-3-2-4-11(14)8-16/h2-7,9H,8,10,16H2,1H3. The molecule has 0 saturated heterocycles. The maximum Gasteiger partial charge on any atom is 0.339 e. The van der Waals surface area contributed by atoms with E-state index in [9.17, 15) is 4.79 Å². The van der Waals surface area contributed by atoms with Gasteiger partial charge in [0.2, 0.25) is 0 Å². The molecule has 1 aromatic carbocycles. The first-order valence-corrected chi connectivity index (χ1v) is 6.18. The van der Waals surface area contributed by atoms with Gasteiger partial charge in [0.15, 0.2) is 0 Å². The summed E-state index contributed by atoms with van der Waals surface area (Å²) in [6.07, 6.45) is 1.47. The summed E-state index contributed by atoms with van der Waals surface area (Å²) in [7, 11) is 1.34. The number of carbonyl (C=O) groups is 1. The lowest BCUT2D eigenvalue weighted by Crippen LogP contribution is -2.05. The third-order valence-electron chi connectivity index (χ3n) is 2.81. The molecule has 0 fully saturated rings. The maximum absolute atomic E-state index is 11.3. The molecule has 0 unspecified atom stereocenters. The smallest absolute Gasteiger partial charge is 0.339 e. The van der Waals surface area contributed by atoms with E-state index in [1.54, 1.807) is 12.1 Å². The van der Waals surface area contributed by atoms with E-state index in [1.165, 1.54) is 13.3 Å². The first-order chi connectivity index (χ1) is 9.74. The molecule has 104 valence electrons. The number of hydrogen-bond donors (Lipinski definition) is 1. The Kier molecular flexibility index (Phi) is 4.68. The highest BCUT2D eigenvalue weighted by Gasteiger charge is 2.06. The lowest BCUT2D eigenvalue weighted by Gasteiger charge is -2.09. The molecular weight excluding hydrogens is 256 g/mol. The normalized spacial score (nSPS) is 10.1. The summed E-state index contributed by atoms with van der Waals surface area (Å²) >= 11 is 0. The van der Waals surface area contributed by atoms with Gasteiger partial charge >= 0.3 is 5.97 Å². The summed E-state index contributed by atoms with van der Waals surface area (Å²) in [6.45, 7) is 0.739. The quantitative estimate of drug-likeness (QED) is 0.841. The van der Waals surface area contributed by atoms with Crippen molar-refractivity contribution in [2.24, 2.45) is 5.73 Å². The summed E-state index contributed by atoms with van der Waals surface area (Å²) in [5.41, 5.74) is 7.73. The molecule has 0 amide bonds. The van der Waals surface area contributed by atoms with Crippen LogP contribution < -0.4 is 10.5 Å². The Morgan fingerprint density at radius 1 is 1.25 bits per heavy atom. The van der Waals surface area contributed by atoms with Crippen LogP contribution in [0.25, 0.3) is 0 Å². The van der Waals surface area contributed by atoms with Crippen LogP contribution in [0.4, 0.5) is 0 Å². The zero-order valence-electron chi connectivity index (χ0n) is 11.2. The Morgan fingerprint density at radius 2 is 2.05 bits per heavy atom. The number of nitrogens with zero attached hydrogens (tertiary/aromatic N) is 1. The lowest BCUT2D eigenvalue weighted by molar-refractivity contribution is 0.0600. The number of ether oxygens (including phenoxy) is 2. The fourth-order valence-electron chi connectivity index (χ4n) is 1.71. The Hall–Kier alpha value is -2.40. The van der Waals surface area contributed by atoms with Crippen LogP contribution in [-0.2, 0) is 17.9 Å². The third-order valence-corrected chi connectivity index (χ3v) is 2.81. The molecule has 0 aliphatic heterocycles. The summed E-state index contributed by atoms with van der Waals surface area (Å²) in [6, 6.07) is 11.0. The molecule has 2 aromatic rings. The van der Waals surface area contributed by atoms with E-state index in [1.807, 2.05) is 24.3 Å². The predicted molar refractivity (Wildman–Crippen MR) is 74.2 cm³/mol. The molecule has 0 bridgehead atoms. The van der Waals surface area contributed by atoms with E-state index >= 15 is 0 Å². The molecule has 2 N–H and O–H groups in total. The van der Waals surface area contributed by atoms with Crippen LogP contribution in [0, 0.1) is 0 Å². The second kappa shape index (κ2) is 6.68. The minimum absolute atomic E-state index is 0.318. The van der Waals surface area contributed by atoms with Crippen molar-refractivity contribution in [2.45, 2.75) is 13.2 Å². The number of benzene rings is 1. The zero-order chi connectivity index (χ0) is 14.4. The van der Waals surface area contributed by atoms with E-state index in [0.29, 0.717) is 18.7 Å². The average Bonchev–Trinajstić information content (AvgIpc) is 2.53. The molecule has 0 radical (unpaired) electrons. The Labute approximate surface area is 117 Å². The van der Waals surface area contributed by atoms with Crippen molar-refractivity contribution in [2.75, 3.05) is 7.11 Å². The molecule has 0 atom stereocenters. The van der Waals surface area contributed by atoms with Gasteiger partial charge in [-0.2, -0.15) is 0 Å². The van der Waals surface area contributed by atoms with Gasteiger partial charge in [-0.1, -0.05) is 18.2 Å². The minimum atomic E-state index is -0.404. The van der Waals surface area contributed by atoms with Crippen LogP contribution in [0.15, 0.2) is 42.6 Å². The van der Waals surface area contributed by atoms with Crippen LogP contribution in [-0.4, -0.2) is 18.1 Å². The largest absolute Gasteiger partial charge is 0.487 e. The molecule has 0 aliphatic carbocycles. The van der Waals surface area contributed by atoms with E-state index in [-0.39, 0.29) is 0 Å². The van der Waals surface area contributed by atoms with Gasteiger partial charge in [-0.25, -0.2) is 4.79 Å². The third kappa shape index (κ3) is 3.33. The fraction of sp³-hybridized carbons (Fsp3) is 0.200. The van der Waals surface area contributed by atoms with Gasteiger partial charge in [-0.3, -0.25) is 4.98 Å². The van der Waals surface area contributed by atoms with Crippen LogP contribution in [0.2, 0.25) is 0 Å². The summed E-state index contributed by atoms with van der Waals surface area (Å²) < 4.78 is 10.3. The topological polar surface area (TPSA) is 74.4 Å². The first kappa shape index (κ1) is 14.0. The average molecular weight is 272 g/mol. The second-order valence-corrected chi connectivity index (χ2v) is 4.13. The minimum Gasteiger partial charge on any atom is -0.487 e. The number of carbonyl (C=O) groups excluding carboxylic acids is 1. The summed E-state index contributed by atoms with van der Waals surface area (Å²) in [4.78, 5) is 15.4. The number of methoxy groups -OCH3 is 1. The van der Waals surface area contributed by atoms with Crippen molar-refractivity contribution in [3.63, 3.8) is 0 Å². The number of nitrogens with two attached hydrogens (primary N) is 1. The summed E-state index contributed by atoms with van der Waals surface area (Å²) in [5, 5.41) is 0. The molecule has 20 heavy (non-hydrogen) atoms. The van der Waals surface area contributed by atoms with E-state index in [0.717, 1.165) is 17.0 Å². The second-order valence-electron chi connectivity index (χ2n) is 4.13. The molecule has 0 spiro atoms. The van der Waals surface area contributed by atoms with Crippen LogP contribution in [0.5, 0.6) is 5.75 Å². The number of rotatable bonds is 5. The van der Waals surface area contributed by atoms with Gasteiger partial charge in [0.25, 0.3) is 0 Å². The molecule has 5 nitrogen and oxygen atoms in total. The number of aromatic nitrogens is 1. The van der Waals surface area contributed by atoms with Gasteiger partial charge in [0.1, 0.15) is 12.4 Å². The lowest BCUT2D eigenvalue weighted by atomic mass is 10.2. The molecule has 2 rings (SSSR count). The van der Waals surface area contributed by atoms with Crippen LogP contribution >= 0.6 is 0 Å². The van der Waals surface area contributed by atoms with Crippen molar-refractivity contribution < 1.29 is 14.3 Å². The van der Waals surface area contributed by atoms with E-state index in [2.05, 4.69) is 9.72 Å². The van der Waals surface area contributed by atoms with Gasteiger partial charge in [0.05, 0.1) is 18.4 Å². The van der Waals surface area contributed by atoms with Crippen molar-refractivity contribution in [1.82, 2.24) is 4.98 Å². The van der Waals surface area contributed by atoms with E-state index < -0.39 is 5.97 Å². The Balaban J connectivity index is 2.02. The SMILES string of the molecule is COC(=O)c1ccc(COc2ccccc2CN)nc1. The van der Waals surface area contributed by atoms with Crippen molar-refractivity contribution in [3.05, 3.63) is 59.4 Å². The Morgan fingerprint density at radius 3 is 2.70 bits per heavy atom. The number of para-hydroxylation sites is 1. The predicted octanol–water partition coefficient (Wildman–Crippen LogP) is 1.91. The molecule has 1 aromatic heterocycles. The van der Waals surface area contributed by atoms with Gasteiger partial charge < -0.3 is 15.2 Å². The van der Waals surface area contributed by atoms with Gasteiger partial charge in [-0.05, 0) is 18.2 Å². The zero-order valence-corrected chi connectivity index (χ0v) is 11.2. The molecular formula is C15H16N2O3. The van der Waals surface area contributed by atoms with Crippen molar-refractivity contribution >= 4 is 5.97 Å². The highest BCUT2D eigenvalue weighted by molar-refractivity contribution is 5.88. The van der Waals surface area contributed by atoms with Gasteiger partial charge in [0, 0.05) is 18.3 Å². The Bertz CT molecular complexity index is 582. The van der Waals surface area contributed by atoms with Crippen molar-refractivity contribution in [3.8, 4) is 5.75 Å². The molecule has 0 saturated carbocycles. The molecule has 5 heteroatoms. The molecule has 0 aliphatic rings. The van der Waals surface area contributed by atoms with Crippen LogP contribution in [0.1, 0.15) is 21.6 Å². The maximum atomic E-state index is 11.3. The number of hydrogen-bond acceptors (Lipinski definition) is 5. The highest BCUT2D eigenvalue weighted by Crippen LogP contribution is 2.18. The first-order valence-electron chi connectivity index (χ1n) is 6.18. The van der Waals surface area contributed by atoms with Gasteiger partial charge in [-0.15, -0.1) is 0 Å². The molecule has 1 heterocycles. The van der Waals surface area contributed by atoms with E-state index in [4.69, 9.17) is 10.5 Å². The number of esters is 1. The van der Waals surface area contributed by atoms with Crippen LogP contribution in [0.3, 0.4) is 0 Å². The fourth-order valence-corrected chi connectivity index (χ4v) is 1.71. The monoisotopic (exact) mass is 272 g/mol. The van der Waals surface area contributed by atoms with Crippen molar-refractivity contribution in [1.29, 1.82) is 0 Å². The number of pyridine rings is 1. The summed E-state index contributed by atoms with van der Waals surface area (Å²) in [5.74, 6) is 0.340. The highest BCUT2D eigenvalue weighted by atomic mass is 16.5.